The number of anilines is 1. The highest BCUT2D eigenvalue weighted by Crippen LogP contribution is 2.12. The molecule has 0 aliphatic carbocycles. The molecule has 3 N–H and O–H groups in total. The molecule has 0 aliphatic rings. The maximum absolute atomic E-state index is 11.4. The molecule has 2 amide bonds. The molecule has 8 nitrogen and oxygen atoms in total. The molecule has 1 aromatic rings. The number of nitrogens with one attached hydrogen (secondary N) is 1. The second-order valence-corrected chi connectivity index (χ2v) is 4.38. The van der Waals surface area contributed by atoms with E-state index in [1.54, 1.807) is 20.8 Å². The van der Waals surface area contributed by atoms with Gasteiger partial charge in [0, 0.05) is 7.05 Å². The van der Waals surface area contributed by atoms with E-state index in [-0.39, 0.29) is 11.5 Å². The normalized spacial score (nSPS) is 11.1. The molecule has 0 saturated heterocycles. The lowest BCUT2D eigenvalue weighted by atomic mass is 10.2. The SMILES string of the molecule is Cn1nc(NC(=O)OC(C)(C)C)c(C(N)=O)n1. The lowest BCUT2D eigenvalue weighted by Gasteiger charge is -2.19. The summed E-state index contributed by atoms with van der Waals surface area (Å²) in [6.07, 6.45) is -0.722. The van der Waals surface area contributed by atoms with Gasteiger partial charge in [-0.1, -0.05) is 0 Å². The summed E-state index contributed by atoms with van der Waals surface area (Å²) in [6, 6.07) is 0. The maximum atomic E-state index is 11.4. The van der Waals surface area contributed by atoms with Gasteiger partial charge in [-0.2, -0.15) is 4.80 Å². The highest BCUT2D eigenvalue weighted by atomic mass is 16.6. The number of carbonyl (C=O) groups is 2. The van der Waals surface area contributed by atoms with Gasteiger partial charge in [0.05, 0.1) is 0 Å². The van der Waals surface area contributed by atoms with Crippen LogP contribution in [0.2, 0.25) is 0 Å². The van der Waals surface area contributed by atoms with Crippen molar-refractivity contribution < 1.29 is 14.3 Å². The molecule has 17 heavy (non-hydrogen) atoms. The zero-order valence-corrected chi connectivity index (χ0v) is 10.1. The van der Waals surface area contributed by atoms with Gasteiger partial charge in [-0.15, -0.1) is 10.2 Å². The van der Waals surface area contributed by atoms with Gasteiger partial charge in [-0.25, -0.2) is 4.79 Å². The topological polar surface area (TPSA) is 112 Å². The van der Waals surface area contributed by atoms with E-state index in [1.807, 2.05) is 0 Å². The molecule has 1 heterocycles. The molecule has 94 valence electrons. The minimum absolute atomic E-state index is 0.0192. The first-order valence-electron chi connectivity index (χ1n) is 4.90. The van der Waals surface area contributed by atoms with Crippen molar-refractivity contribution in [2.24, 2.45) is 12.8 Å². The third-order valence-corrected chi connectivity index (χ3v) is 1.57. The van der Waals surface area contributed by atoms with Crippen molar-refractivity contribution in [2.45, 2.75) is 26.4 Å². The summed E-state index contributed by atoms with van der Waals surface area (Å²) in [5, 5.41) is 9.83. The average molecular weight is 241 g/mol. The number of rotatable bonds is 2. The van der Waals surface area contributed by atoms with Gasteiger partial charge >= 0.3 is 6.09 Å². The molecule has 8 heteroatoms. The van der Waals surface area contributed by atoms with E-state index in [2.05, 4.69) is 15.5 Å². The molecule has 0 aliphatic heterocycles. The highest BCUT2D eigenvalue weighted by Gasteiger charge is 2.21. The Hall–Kier alpha value is -2.12. The smallest absolute Gasteiger partial charge is 0.413 e. The largest absolute Gasteiger partial charge is 0.444 e. The third kappa shape index (κ3) is 3.74. The van der Waals surface area contributed by atoms with Gasteiger partial charge in [0.15, 0.2) is 11.5 Å². The Morgan fingerprint density at radius 1 is 1.35 bits per heavy atom. The molecule has 0 radical (unpaired) electrons. The number of carbonyl (C=O) groups excluding carboxylic acids is 2. The fourth-order valence-electron chi connectivity index (χ4n) is 1.06. The lowest BCUT2D eigenvalue weighted by Crippen LogP contribution is -2.28. The predicted octanol–water partition coefficient (Wildman–Crippen LogP) is 0.261. The standard InChI is InChI=1S/C9H15N5O3/c1-9(2,3)17-8(16)11-7-5(6(10)15)12-14(4)13-7/h1-4H3,(H2,10,15)(H,11,13,16). The van der Waals surface area contributed by atoms with Gasteiger partial charge in [-0.05, 0) is 20.8 Å². The van der Waals surface area contributed by atoms with E-state index in [0.717, 1.165) is 4.80 Å². The fourth-order valence-corrected chi connectivity index (χ4v) is 1.06. The van der Waals surface area contributed by atoms with E-state index in [4.69, 9.17) is 10.5 Å². The first kappa shape index (κ1) is 12.9. The van der Waals surface area contributed by atoms with Crippen molar-refractivity contribution in [2.75, 3.05) is 5.32 Å². The number of nitrogens with two attached hydrogens (primary N) is 1. The van der Waals surface area contributed by atoms with Crippen molar-refractivity contribution in [1.82, 2.24) is 15.0 Å². The maximum Gasteiger partial charge on any atom is 0.413 e. The Balaban J connectivity index is 2.81. The van der Waals surface area contributed by atoms with E-state index in [0.29, 0.717) is 0 Å². The molecule has 1 rings (SSSR count). The van der Waals surface area contributed by atoms with Crippen LogP contribution in [0, 0.1) is 0 Å². The van der Waals surface area contributed by atoms with E-state index >= 15 is 0 Å². The number of primary amides is 1. The molecule has 0 spiro atoms. The van der Waals surface area contributed by atoms with Gasteiger partial charge in [0.2, 0.25) is 0 Å². The first-order chi connectivity index (χ1) is 7.69. The Bertz CT molecular complexity index is 446. The number of aromatic nitrogens is 3. The van der Waals surface area contributed by atoms with Crippen molar-refractivity contribution in [3.05, 3.63) is 5.69 Å². The van der Waals surface area contributed by atoms with Crippen LogP contribution in [0.1, 0.15) is 31.3 Å². The van der Waals surface area contributed by atoms with Crippen LogP contribution in [0.5, 0.6) is 0 Å². The van der Waals surface area contributed by atoms with Crippen molar-refractivity contribution in [3.8, 4) is 0 Å². The molecule has 0 bridgehead atoms. The number of ether oxygens (including phenoxy) is 1. The number of aryl methyl sites for hydroxylation is 1. The summed E-state index contributed by atoms with van der Waals surface area (Å²) in [5.41, 5.74) is 4.33. The zero-order valence-electron chi connectivity index (χ0n) is 10.1. The molecular weight excluding hydrogens is 226 g/mol. The van der Waals surface area contributed by atoms with Gasteiger partial charge in [-0.3, -0.25) is 10.1 Å². The number of hydrogen-bond acceptors (Lipinski definition) is 5. The summed E-state index contributed by atoms with van der Waals surface area (Å²) < 4.78 is 5.01. The number of hydrogen-bond donors (Lipinski definition) is 2. The number of nitrogens with zero attached hydrogens (tertiary/aromatic N) is 3. The summed E-state index contributed by atoms with van der Waals surface area (Å²) in [7, 11) is 1.51. The Kier molecular flexibility index (Phi) is 3.35. The Morgan fingerprint density at radius 2 is 1.94 bits per heavy atom. The van der Waals surface area contributed by atoms with Crippen molar-refractivity contribution in [3.63, 3.8) is 0 Å². The van der Waals surface area contributed by atoms with Crippen LogP contribution in [-0.2, 0) is 11.8 Å². The summed E-state index contributed by atoms with van der Waals surface area (Å²) in [4.78, 5) is 23.6. The van der Waals surface area contributed by atoms with E-state index in [1.165, 1.54) is 7.05 Å². The second-order valence-electron chi connectivity index (χ2n) is 4.38. The molecule has 0 unspecified atom stereocenters. The van der Waals surface area contributed by atoms with Crippen LogP contribution in [0.3, 0.4) is 0 Å². The van der Waals surface area contributed by atoms with Crippen LogP contribution >= 0.6 is 0 Å². The van der Waals surface area contributed by atoms with E-state index < -0.39 is 17.6 Å². The third-order valence-electron chi connectivity index (χ3n) is 1.57. The number of amides is 2. The monoisotopic (exact) mass is 241 g/mol. The van der Waals surface area contributed by atoms with Crippen LogP contribution < -0.4 is 11.1 Å². The highest BCUT2D eigenvalue weighted by molar-refractivity contribution is 5.98. The minimum Gasteiger partial charge on any atom is -0.444 e. The van der Waals surface area contributed by atoms with Crippen LogP contribution in [0.25, 0.3) is 0 Å². The molecule has 0 aromatic carbocycles. The van der Waals surface area contributed by atoms with Crippen molar-refractivity contribution in [1.29, 1.82) is 0 Å². The second kappa shape index (κ2) is 4.40. The summed E-state index contributed by atoms with van der Waals surface area (Å²) in [6.45, 7) is 5.16. The van der Waals surface area contributed by atoms with Gasteiger partial charge in [0.1, 0.15) is 5.60 Å². The molecule has 1 aromatic heterocycles. The molecule has 0 atom stereocenters. The van der Waals surface area contributed by atoms with Crippen LogP contribution in [0.4, 0.5) is 10.6 Å². The van der Waals surface area contributed by atoms with Gasteiger partial charge in [0.25, 0.3) is 5.91 Å². The zero-order chi connectivity index (χ0) is 13.2. The van der Waals surface area contributed by atoms with Gasteiger partial charge < -0.3 is 10.5 Å². The van der Waals surface area contributed by atoms with Crippen LogP contribution in [0.15, 0.2) is 0 Å². The quantitative estimate of drug-likeness (QED) is 0.771. The van der Waals surface area contributed by atoms with E-state index in [9.17, 15) is 9.59 Å². The predicted molar refractivity (Wildman–Crippen MR) is 59.4 cm³/mol. The summed E-state index contributed by atoms with van der Waals surface area (Å²) >= 11 is 0. The van der Waals surface area contributed by atoms with Crippen molar-refractivity contribution >= 4 is 17.8 Å². The molecule has 0 fully saturated rings. The fraction of sp³-hybridized carbons (Fsp3) is 0.556. The lowest BCUT2D eigenvalue weighted by molar-refractivity contribution is 0.0635. The summed E-state index contributed by atoms with van der Waals surface area (Å²) in [5.74, 6) is -0.793. The molecular formula is C9H15N5O3. The Labute approximate surface area is 98.1 Å². The minimum atomic E-state index is -0.774. The van der Waals surface area contributed by atoms with Crippen LogP contribution in [-0.4, -0.2) is 32.6 Å². The Morgan fingerprint density at radius 3 is 2.41 bits per heavy atom. The first-order valence-corrected chi connectivity index (χ1v) is 4.90. The average Bonchev–Trinajstić information content (AvgIpc) is 2.42. The molecule has 0 saturated carbocycles.